The second kappa shape index (κ2) is 7.59. The zero-order chi connectivity index (χ0) is 16.9. The standard InChI is InChI=1S/C16H14Cl2N4O2/c17-13-3-2-12(14(18)8-13)10-24-21-9-11-4-7-22(15(11)23)16-19-5-1-6-20-16/h1-3,5-6,8-9,11H,4,7,10H2/b21-9-/t11-/m0/s1. The highest BCUT2D eigenvalue weighted by Crippen LogP contribution is 2.22. The molecule has 3 rings (SSSR count). The fourth-order valence-corrected chi connectivity index (χ4v) is 2.79. The minimum atomic E-state index is -0.338. The highest BCUT2D eigenvalue weighted by molar-refractivity contribution is 6.35. The monoisotopic (exact) mass is 364 g/mol. The second-order valence-corrected chi connectivity index (χ2v) is 6.04. The Morgan fingerprint density at radius 2 is 2.12 bits per heavy atom. The fourth-order valence-electron chi connectivity index (χ4n) is 2.33. The van der Waals surface area contributed by atoms with E-state index in [1.54, 1.807) is 41.6 Å². The predicted octanol–water partition coefficient (Wildman–Crippen LogP) is 3.34. The van der Waals surface area contributed by atoms with Crippen molar-refractivity contribution in [2.45, 2.75) is 13.0 Å². The third-order valence-corrected chi connectivity index (χ3v) is 4.18. The van der Waals surface area contributed by atoms with Crippen LogP contribution in [0.3, 0.4) is 0 Å². The van der Waals surface area contributed by atoms with Crippen LogP contribution >= 0.6 is 23.2 Å². The summed E-state index contributed by atoms with van der Waals surface area (Å²) in [6, 6.07) is 6.85. The lowest BCUT2D eigenvalue weighted by molar-refractivity contribution is -0.118. The zero-order valence-corrected chi connectivity index (χ0v) is 14.1. The molecule has 1 saturated heterocycles. The quantitative estimate of drug-likeness (QED) is 0.602. The number of carbonyl (C=O) groups is 1. The Hall–Kier alpha value is -2.18. The van der Waals surface area contributed by atoms with Crippen molar-refractivity contribution in [1.82, 2.24) is 9.97 Å². The van der Waals surface area contributed by atoms with Crippen molar-refractivity contribution in [3.05, 3.63) is 52.3 Å². The van der Waals surface area contributed by atoms with Gasteiger partial charge in [0, 0.05) is 34.5 Å². The maximum Gasteiger partial charge on any atom is 0.238 e. The molecule has 6 nitrogen and oxygen atoms in total. The molecule has 8 heteroatoms. The SMILES string of the molecule is O=C1[C@H](/C=N\OCc2ccc(Cl)cc2Cl)CCN1c1ncccn1. The molecule has 1 aliphatic rings. The van der Waals surface area contributed by atoms with Crippen molar-refractivity contribution >= 4 is 41.3 Å². The van der Waals surface area contributed by atoms with Gasteiger partial charge in [0.1, 0.15) is 6.61 Å². The number of carbonyl (C=O) groups excluding carboxylic acids is 1. The van der Waals surface area contributed by atoms with Crippen molar-refractivity contribution in [2.24, 2.45) is 11.1 Å². The average Bonchev–Trinajstić information content (AvgIpc) is 2.95. The summed E-state index contributed by atoms with van der Waals surface area (Å²) in [6.07, 6.45) is 5.37. The van der Waals surface area contributed by atoms with Crippen molar-refractivity contribution in [2.75, 3.05) is 11.4 Å². The molecule has 24 heavy (non-hydrogen) atoms. The van der Waals surface area contributed by atoms with E-state index in [4.69, 9.17) is 28.0 Å². The fraction of sp³-hybridized carbons (Fsp3) is 0.250. The van der Waals surface area contributed by atoms with Crippen molar-refractivity contribution in [3.8, 4) is 0 Å². The van der Waals surface area contributed by atoms with Crippen LogP contribution in [0.2, 0.25) is 10.0 Å². The van der Waals surface area contributed by atoms with Crippen LogP contribution in [-0.4, -0.2) is 28.6 Å². The van der Waals surface area contributed by atoms with Crippen LogP contribution in [0.5, 0.6) is 0 Å². The molecule has 1 aromatic carbocycles. The van der Waals surface area contributed by atoms with Crippen LogP contribution in [0.1, 0.15) is 12.0 Å². The van der Waals surface area contributed by atoms with Crippen LogP contribution in [0, 0.1) is 5.92 Å². The van der Waals surface area contributed by atoms with Gasteiger partial charge in [-0.3, -0.25) is 9.69 Å². The molecule has 0 saturated carbocycles. The zero-order valence-electron chi connectivity index (χ0n) is 12.6. The Morgan fingerprint density at radius 3 is 2.88 bits per heavy atom. The number of hydrogen-bond donors (Lipinski definition) is 0. The van der Waals surface area contributed by atoms with Crippen LogP contribution in [0.25, 0.3) is 0 Å². The van der Waals surface area contributed by atoms with Gasteiger partial charge in [0.05, 0.1) is 12.1 Å². The number of rotatable bonds is 5. The Balaban J connectivity index is 1.55. The third-order valence-electron chi connectivity index (χ3n) is 3.59. The molecule has 0 bridgehead atoms. The van der Waals surface area contributed by atoms with Gasteiger partial charge in [-0.25, -0.2) is 9.97 Å². The van der Waals surface area contributed by atoms with E-state index in [1.165, 1.54) is 6.21 Å². The highest BCUT2D eigenvalue weighted by atomic mass is 35.5. The van der Waals surface area contributed by atoms with Gasteiger partial charge < -0.3 is 4.84 Å². The van der Waals surface area contributed by atoms with Gasteiger partial charge >= 0.3 is 0 Å². The Kier molecular flexibility index (Phi) is 5.27. The van der Waals surface area contributed by atoms with Crippen molar-refractivity contribution < 1.29 is 9.63 Å². The first kappa shape index (κ1) is 16.7. The second-order valence-electron chi connectivity index (χ2n) is 5.20. The van der Waals surface area contributed by atoms with E-state index in [9.17, 15) is 4.79 Å². The van der Waals surface area contributed by atoms with Crippen LogP contribution in [-0.2, 0) is 16.2 Å². The van der Waals surface area contributed by atoms with Gasteiger partial charge in [0.15, 0.2) is 0 Å². The van der Waals surface area contributed by atoms with Crippen molar-refractivity contribution in [1.29, 1.82) is 0 Å². The van der Waals surface area contributed by atoms with Crippen LogP contribution < -0.4 is 4.90 Å². The molecular weight excluding hydrogens is 351 g/mol. The third kappa shape index (κ3) is 3.83. The van der Waals surface area contributed by atoms with Gasteiger partial charge in [-0.05, 0) is 24.6 Å². The predicted molar refractivity (Wildman–Crippen MR) is 92.2 cm³/mol. The summed E-state index contributed by atoms with van der Waals surface area (Å²) in [5, 5.41) is 4.96. The molecule has 0 aliphatic carbocycles. The molecule has 0 unspecified atom stereocenters. The summed E-state index contributed by atoms with van der Waals surface area (Å²) in [5.74, 6) is -0.0140. The highest BCUT2D eigenvalue weighted by Gasteiger charge is 2.32. The molecule has 0 spiro atoms. The van der Waals surface area contributed by atoms with E-state index in [0.717, 1.165) is 5.56 Å². The molecule has 2 aromatic rings. The lowest BCUT2D eigenvalue weighted by Crippen LogP contribution is -2.29. The molecule has 1 fully saturated rings. The lowest BCUT2D eigenvalue weighted by atomic mass is 10.1. The summed E-state index contributed by atoms with van der Waals surface area (Å²) < 4.78 is 0. The van der Waals surface area contributed by atoms with E-state index in [-0.39, 0.29) is 18.4 Å². The smallest absolute Gasteiger partial charge is 0.238 e. The first-order chi connectivity index (χ1) is 11.6. The number of benzene rings is 1. The minimum absolute atomic E-state index is 0.0851. The van der Waals surface area contributed by atoms with Crippen molar-refractivity contribution in [3.63, 3.8) is 0 Å². The van der Waals surface area contributed by atoms with E-state index in [0.29, 0.717) is 29.0 Å². The molecule has 1 atom stereocenters. The molecule has 0 N–H and O–H groups in total. The minimum Gasteiger partial charge on any atom is -0.391 e. The summed E-state index contributed by atoms with van der Waals surface area (Å²) in [7, 11) is 0. The van der Waals surface area contributed by atoms with E-state index in [1.807, 2.05) is 0 Å². The van der Waals surface area contributed by atoms with Crippen LogP contribution in [0.15, 0.2) is 41.8 Å². The van der Waals surface area contributed by atoms with E-state index in [2.05, 4.69) is 15.1 Å². The number of nitrogens with zero attached hydrogens (tertiary/aromatic N) is 4. The lowest BCUT2D eigenvalue weighted by Gasteiger charge is -2.12. The summed E-state index contributed by atoms with van der Waals surface area (Å²) in [4.78, 5) is 27.3. The number of hydrogen-bond acceptors (Lipinski definition) is 5. The van der Waals surface area contributed by atoms with E-state index >= 15 is 0 Å². The van der Waals surface area contributed by atoms with Gasteiger partial charge in [0.25, 0.3) is 0 Å². The molecule has 124 valence electrons. The molecule has 0 radical (unpaired) electrons. The average molecular weight is 365 g/mol. The molecule has 1 aliphatic heterocycles. The summed E-state index contributed by atoms with van der Waals surface area (Å²) in [6.45, 7) is 0.765. The van der Waals surface area contributed by atoms with Gasteiger partial charge in [-0.15, -0.1) is 0 Å². The number of aromatic nitrogens is 2. The van der Waals surface area contributed by atoms with Crippen LogP contribution in [0.4, 0.5) is 5.95 Å². The number of oxime groups is 1. The van der Waals surface area contributed by atoms with Gasteiger partial charge in [-0.1, -0.05) is 34.4 Å². The molecular formula is C16H14Cl2N4O2. The summed E-state index contributed by atoms with van der Waals surface area (Å²) in [5.41, 5.74) is 0.773. The molecule has 1 aromatic heterocycles. The molecule has 2 heterocycles. The number of halogens is 2. The Bertz CT molecular complexity index is 755. The molecule has 1 amide bonds. The maximum absolute atomic E-state index is 12.3. The number of anilines is 1. The first-order valence-corrected chi connectivity index (χ1v) is 8.08. The van der Waals surface area contributed by atoms with Gasteiger partial charge in [0.2, 0.25) is 11.9 Å². The Morgan fingerprint density at radius 1 is 1.33 bits per heavy atom. The number of amides is 1. The maximum atomic E-state index is 12.3. The normalized spacial score (nSPS) is 17.7. The first-order valence-electron chi connectivity index (χ1n) is 7.33. The largest absolute Gasteiger partial charge is 0.391 e. The summed E-state index contributed by atoms with van der Waals surface area (Å²) >= 11 is 11.9. The van der Waals surface area contributed by atoms with E-state index < -0.39 is 0 Å². The Labute approximate surface area is 149 Å². The topological polar surface area (TPSA) is 67.7 Å². The van der Waals surface area contributed by atoms with Gasteiger partial charge in [-0.2, -0.15) is 0 Å².